The molecule has 5 nitrogen and oxygen atoms in total. The summed E-state index contributed by atoms with van der Waals surface area (Å²) in [7, 11) is 1.71. The van der Waals surface area contributed by atoms with Crippen molar-refractivity contribution in [3.8, 4) is 0 Å². The molecule has 1 aliphatic heterocycles. The van der Waals surface area contributed by atoms with Gasteiger partial charge >= 0.3 is 0 Å². The number of aliphatic imine (C=N–C) groups is 1. The maximum absolute atomic E-state index is 6.10. The zero-order valence-electron chi connectivity index (χ0n) is 17.2. The summed E-state index contributed by atoms with van der Waals surface area (Å²) in [5.41, 5.74) is 2.26. The standard InChI is InChI=1S/C21H33ClN4O.HI/c1-5-23-21(25-19-9-11-26(12-10-19)15-16(2)3)24-14-20(27-4)17-7-6-8-18(22)13-17;/h6-8,13,19-20H,2,5,9-12,14-15H2,1,3-4H3,(H2,23,24,25);1H. The molecule has 0 spiro atoms. The molecule has 28 heavy (non-hydrogen) atoms. The van der Waals surface area contributed by atoms with E-state index in [0.717, 1.165) is 50.5 Å². The van der Waals surface area contributed by atoms with Gasteiger partial charge in [0.1, 0.15) is 6.10 Å². The molecular formula is C21H34ClIN4O. The minimum Gasteiger partial charge on any atom is -0.375 e. The predicted octanol–water partition coefficient (Wildman–Crippen LogP) is 4.24. The van der Waals surface area contributed by atoms with Crippen LogP contribution in [0.3, 0.4) is 0 Å². The van der Waals surface area contributed by atoms with Gasteiger partial charge < -0.3 is 15.4 Å². The second kappa shape index (κ2) is 13.4. The van der Waals surface area contributed by atoms with Crippen LogP contribution in [-0.4, -0.2) is 56.7 Å². The fraction of sp³-hybridized carbons (Fsp3) is 0.571. The summed E-state index contributed by atoms with van der Waals surface area (Å²) in [4.78, 5) is 7.21. The van der Waals surface area contributed by atoms with Crippen molar-refractivity contribution in [2.24, 2.45) is 4.99 Å². The van der Waals surface area contributed by atoms with Gasteiger partial charge in [0.15, 0.2) is 5.96 Å². The summed E-state index contributed by atoms with van der Waals surface area (Å²) in [5.74, 6) is 0.847. The summed E-state index contributed by atoms with van der Waals surface area (Å²) >= 11 is 6.10. The van der Waals surface area contributed by atoms with Crippen LogP contribution in [0, 0.1) is 0 Å². The number of hydrogen-bond acceptors (Lipinski definition) is 3. The van der Waals surface area contributed by atoms with Gasteiger partial charge in [0.05, 0.1) is 6.54 Å². The zero-order valence-corrected chi connectivity index (χ0v) is 20.3. The maximum atomic E-state index is 6.10. The second-order valence-corrected chi connectivity index (χ2v) is 7.59. The number of methoxy groups -OCH3 is 1. The van der Waals surface area contributed by atoms with E-state index in [1.54, 1.807) is 7.11 Å². The van der Waals surface area contributed by atoms with E-state index in [9.17, 15) is 0 Å². The monoisotopic (exact) mass is 520 g/mol. The van der Waals surface area contributed by atoms with E-state index in [1.807, 2.05) is 24.3 Å². The lowest BCUT2D eigenvalue weighted by Gasteiger charge is -2.33. The molecule has 1 fully saturated rings. The summed E-state index contributed by atoms with van der Waals surface area (Å²) in [6.07, 6.45) is 2.11. The van der Waals surface area contributed by atoms with E-state index >= 15 is 0 Å². The van der Waals surface area contributed by atoms with Crippen molar-refractivity contribution in [1.29, 1.82) is 0 Å². The van der Waals surface area contributed by atoms with Crippen LogP contribution in [0.1, 0.15) is 38.4 Å². The van der Waals surface area contributed by atoms with E-state index in [2.05, 4.69) is 36.0 Å². The highest BCUT2D eigenvalue weighted by Gasteiger charge is 2.20. The van der Waals surface area contributed by atoms with Gasteiger partial charge in [-0.15, -0.1) is 24.0 Å². The average Bonchev–Trinajstić information content (AvgIpc) is 2.63. The quantitative estimate of drug-likeness (QED) is 0.233. The average molecular weight is 521 g/mol. The summed E-state index contributed by atoms with van der Waals surface area (Å²) in [6.45, 7) is 12.7. The van der Waals surface area contributed by atoms with Gasteiger partial charge in [0.2, 0.25) is 0 Å². The van der Waals surface area contributed by atoms with E-state index in [-0.39, 0.29) is 30.1 Å². The van der Waals surface area contributed by atoms with Gasteiger partial charge in [-0.25, -0.2) is 0 Å². The van der Waals surface area contributed by atoms with Crippen molar-refractivity contribution in [1.82, 2.24) is 15.5 Å². The molecule has 0 bridgehead atoms. The van der Waals surface area contributed by atoms with E-state index < -0.39 is 0 Å². The predicted molar refractivity (Wildman–Crippen MR) is 130 cm³/mol. The largest absolute Gasteiger partial charge is 0.375 e. The van der Waals surface area contributed by atoms with Crippen molar-refractivity contribution in [3.05, 3.63) is 47.0 Å². The number of piperidine rings is 1. The Balaban J connectivity index is 0.00000392. The third-order valence-corrected chi connectivity index (χ3v) is 4.92. The Kier molecular flexibility index (Phi) is 12.1. The number of ether oxygens (including phenoxy) is 1. The van der Waals surface area contributed by atoms with Crippen molar-refractivity contribution >= 4 is 41.5 Å². The molecule has 0 radical (unpaired) electrons. The second-order valence-electron chi connectivity index (χ2n) is 7.15. The van der Waals surface area contributed by atoms with Crippen LogP contribution >= 0.6 is 35.6 Å². The van der Waals surface area contributed by atoms with E-state index in [4.69, 9.17) is 21.3 Å². The highest BCUT2D eigenvalue weighted by molar-refractivity contribution is 14.0. The first-order valence-corrected chi connectivity index (χ1v) is 10.1. The molecule has 1 atom stereocenters. The molecule has 1 aliphatic rings. The molecule has 1 aromatic carbocycles. The molecule has 0 saturated carbocycles. The first-order valence-electron chi connectivity index (χ1n) is 9.71. The van der Waals surface area contributed by atoms with Crippen LogP contribution in [0.25, 0.3) is 0 Å². The lowest BCUT2D eigenvalue weighted by atomic mass is 10.0. The van der Waals surface area contributed by atoms with Crippen molar-refractivity contribution in [3.63, 3.8) is 0 Å². The lowest BCUT2D eigenvalue weighted by Crippen LogP contribution is -2.49. The summed E-state index contributed by atoms with van der Waals surface area (Å²) in [5, 5.41) is 7.64. The smallest absolute Gasteiger partial charge is 0.191 e. The fourth-order valence-electron chi connectivity index (χ4n) is 3.33. The van der Waals surface area contributed by atoms with Gasteiger partial charge in [-0.1, -0.05) is 35.9 Å². The summed E-state index contributed by atoms with van der Waals surface area (Å²) in [6, 6.07) is 8.20. The number of hydrogen-bond donors (Lipinski definition) is 2. The molecule has 2 rings (SSSR count). The Morgan fingerprint density at radius 1 is 1.39 bits per heavy atom. The molecule has 1 saturated heterocycles. The zero-order chi connectivity index (χ0) is 19.6. The minimum atomic E-state index is -0.114. The Bertz CT molecular complexity index is 633. The molecule has 0 amide bonds. The van der Waals surface area contributed by atoms with Gasteiger partial charge in [-0.3, -0.25) is 9.89 Å². The van der Waals surface area contributed by atoms with Crippen LogP contribution in [0.2, 0.25) is 5.02 Å². The van der Waals surface area contributed by atoms with Crippen LogP contribution in [-0.2, 0) is 4.74 Å². The van der Waals surface area contributed by atoms with Crippen molar-refractivity contribution in [2.45, 2.75) is 38.8 Å². The number of rotatable bonds is 8. The van der Waals surface area contributed by atoms with Gasteiger partial charge in [-0.05, 0) is 44.4 Å². The first-order chi connectivity index (χ1) is 13.0. The number of nitrogens with zero attached hydrogens (tertiary/aromatic N) is 2. The van der Waals surface area contributed by atoms with Crippen LogP contribution < -0.4 is 10.6 Å². The molecule has 1 aromatic rings. The molecular weight excluding hydrogens is 487 g/mol. The highest BCUT2D eigenvalue weighted by atomic mass is 127. The van der Waals surface area contributed by atoms with Crippen LogP contribution in [0.5, 0.6) is 0 Å². The van der Waals surface area contributed by atoms with Crippen LogP contribution in [0.4, 0.5) is 0 Å². The van der Waals surface area contributed by atoms with Crippen LogP contribution in [0.15, 0.2) is 41.4 Å². The Hall–Kier alpha value is -0.830. The molecule has 0 aliphatic carbocycles. The number of nitrogens with one attached hydrogen (secondary N) is 2. The Morgan fingerprint density at radius 3 is 2.68 bits per heavy atom. The Morgan fingerprint density at radius 2 is 2.11 bits per heavy atom. The van der Waals surface area contributed by atoms with E-state index in [1.165, 1.54) is 5.57 Å². The molecule has 0 aromatic heterocycles. The number of likely N-dealkylation sites (tertiary alicyclic amines) is 1. The van der Waals surface area contributed by atoms with Gasteiger partial charge in [-0.2, -0.15) is 0 Å². The first kappa shape index (κ1) is 25.2. The lowest BCUT2D eigenvalue weighted by molar-refractivity contribution is 0.111. The Labute approximate surface area is 192 Å². The topological polar surface area (TPSA) is 48.9 Å². The molecule has 1 unspecified atom stereocenters. The SMILES string of the molecule is C=C(C)CN1CCC(NC(=NCC(OC)c2cccc(Cl)c2)NCC)CC1.I. The molecule has 158 valence electrons. The minimum absolute atomic E-state index is 0. The van der Waals surface area contributed by atoms with Crippen molar-refractivity contribution in [2.75, 3.05) is 39.8 Å². The highest BCUT2D eigenvalue weighted by Crippen LogP contribution is 2.20. The molecule has 1 heterocycles. The number of halogens is 2. The van der Waals surface area contributed by atoms with Gasteiger partial charge in [0, 0.05) is 44.4 Å². The fourth-order valence-corrected chi connectivity index (χ4v) is 3.53. The number of benzene rings is 1. The molecule has 7 heteroatoms. The molecule has 2 N–H and O–H groups in total. The number of guanidine groups is 1. The third-order valence-electron chi connectivity index (χ3n) is 4.69. The third kappa shape index (κ3) is 8.68. The summed E-state index contributed by atoms with van der Waals surface area (Å²) < 4.78 is 5.62. The van der Waals surface area contributed by atoms with E-state index in [0.29, 0.717) is 17.6 Å². The maximum Gasteiger partial charge on any atom is 0.191 e. The van der Waals surface area contributed by atoms with Gasteiger partial charge in [0.25, 0.3) is 0 Å². The van der Waals surface area contributed by atoms with Crippen molar-refractivity contribution < 1.29 is 4.74 Å². The normalized spacial score (nSPS) is 16.9.